The molecule has 2 aromatic heterocycles. The summed E-state index contributed by atoms with van der Waals surface area (Å²) < 4.78 is 4.98. The molecule has 0 aliphatic rings. The predicted molar refractivity (Wildman–Crippen MR) is 444 cm³/mol. The second-order valence-electron chi connectivity index (χ2n) is 27.7. The molecular weight excluding hydrogens is 1270 g/mol. The van der Waals surface area contributed by atoms with E-state index in [1.54, 1.807) is 0 Å². The molecule has 16 aromatic carbocycles. The van der Waals surface area contributed by atoms with Crippen LogP contribution in [0.25, 0.3) is 94.6 Å². The van der Waals surface area contributed by atoms with Gasteiger partial charge < -0.3 is 19.6 Å². The number of fused-ring (bicyclic) bond motifs is 14. The van der Waals surface area contributed by atoms with Gasteiger partial charge in [-0.25, -0.2) is 0 Å². The Morgan fingerprint density at radius 1 is 0.216 bits per heavy atom. The monoisotopic (exact) mass is 1350 g/mol. The summed E-state index contributed by atoms with van der Waals surface area (Å²) in [5.41, 5.74) is 20.7. The first-order valence-corrected chi connectivity index (χ1v) is 37.1. The lowest BCUT2D eigenvalue weighted by atomic mass is 9.96. The van der Waals surface area contributed by atoms with Crippen LogP contribution < -0.4 is 19.6 Å². The van der Waals surface area contributed by atoms with E-state index in [0.717, 1.165) is 79.4 Å². The molecule has 490 valence electrons. The molecule has 2 heterocycles. The summed E-state index contributed by atoms with van der Waals surface area (Å²) in [4.78, 5) is 9.86. The molecule has 0 aliphatic heterocycles. The Kier molecular flexibility index (Phi) is 15.8. The van der Waals surface area contributed by atoms with Crippen molar-refractivity contribution in [3.8, 4) is 11.1 Å². The Hall–Kier alpha value is -11.8. The quantitative estimate of drug-likeness (QED) is 0.101. The van der Waals surface area contributed by atoms with Crippen LogP contribution in [-0.4, -0.2) is 0 Å². The fourth-order valence-electron chi connectivity index (χ4n) is 15.6. The highest BCUT2D eigenvalue weighted by Gasteiger charge is 2.27. The van der Waals surface area contributed by atoms with Crippen molar-refractivity contribution >= 4 is 174 Å². The van der Waals surface area contributed by atoms with Gasteiger partial charge in [0.15, 0.2) is 0 Å². The van der Waals surface area contributed by atoms with Crippen molar-refractivity contribution in [3.05, 3.63) is 350 Å². The van der Waals surface area contributed by atoms with E-state index in [9.17, 15) is 0 Å². The van der Waals surface area contributed by atoms with Crippen LogP contribution in [-0.2, 0) is 0 Å². The first-order chi connectivity index (χ1) is 50.1. The molecular formula is C96H74N4S2. The molecule has 0 saturated carbocycles. The summed E-state index contributed by atoms with van der Waals surface area (Å²) in [6.07, 6.45) is 0. The summed E-state index contributed by atoms with van der Waals surface area (Å²) >= 11 is 3.78. The zero-order valence-corrected chi connectivity index (χ0v) is 59.6. The molecule has 0 atom stereocenters. The molecule has 0 spiro atoms. The van der Waals surface area contributed by atoms with Crippen molar-refractivity contribution in [2.24, 2.45) is 0 Å². The van der Waals surface area contributed by atoms with Crippen LogP contribution in [0.2, 0.25) is 0 Å². The number of rotatable bonds is 15. The highest BCUT2D eigenvalue weighted by atomic mass is 32.1. The largest absolute Gasteiger partial charge is 0.310 e. The van der Waals surface area contributed by atoms with E-state index in [4.69, 9.17) is 0 Å². The van der Waals surface area contributed by atoms with Crippen molar-refractivity contribution in [3.63, 3.8) is 0 Å². The SMILES string of the molecule is Cc1ccc(N(c2ccccc2)c2cc3sc4cc(N(c5ccc(C)cc5)c5cccc(-c6cccc(N(c7ccc(C(C)C)cc7)c7cc8sc9cc(N(c%10ccccc%10)c%10ccc(C(C)C)cc%10)c%10ccccc%10c9c8c8ccccc78)c6)c5)c5ccccc5c4c3c3ccccc23)cc1. The number of aryl methyl sites for hydroxylation is 2. The van der Waals surface area contributed by atoms with Crippen LogP contribution in [0.3, 0.4) is 0 Å². The maximum Gasteiger partial charge on any atom is 0.0554 e. The second kappa shape index (κ2) is 25.7. The number of hydrogen-bond donors (Lipinski definition) is 0. The van der Waals surface area contributed by atoms with Crippen LogP contribution in [0.4, 0.5) is 68.2 Å². The maximum atomic E-state index is 2.50. The Balaban J connectivity index is 0.792. The van der Waals surface area contributed by atoms with Crippen molar-refractivity contribution in [2.75, 3.05) is 19.6 Å². The van der Waals surface area contributed by atoms with Crippen molar-refractivity contribution in [2.45, 2.75) is 53.4 Å². The number of anilines is 12. The molecule has 0 amide bonds. The summed E-state index contributed by atoms with van der Waals surface area (Å²) in [5.74, 6) is 0.818. The van der Waals surface area contributed by atoms with Gasteiger partial charge >= 0.3 is 0 Å². The van der Waals surface area contributed by atoms with Gasteiger partial charge in [-0.1, -0.05) is 245 Å². The average molecular weight is 1350 g/mol. The summed E-state index contributed by atoms with van der Waals surface area (Å²) in [6, 6.07) is 123. The third-order valence-electron chi connectivity index (χ3n) is 20.6. The Morgan fingerprint density at radius 3 is 0.735 bits per heavy atom. The zero-order chi connectivity index (χ0) is 68.7. The molecule has 0 radical (unpaired) electrons. The molecule has 0 fully saturated rings. The molecule has 6 heteroatoms. The summed E-state index contributed by atoms with van der Waals surface area (Å²) in [5, 5.41) is 14.9. The van der Waals surface area contributed by atoms with E-state index in [1.165, 1.54) is 106 Å². The highest BCUT2D eigenvalue weighted by Crippen LogP contribution is 2.54. The lowest BCUT2D eigenvalue weighted by molar-refractivity contribution is 0.866. The Morgan fingerprint density at radius 2 is 0.451 bits per heavy atom. The van der Waals surface area contributed by atoms with E-state index < -0.39 is 0 Å². The van der Waals surface area contributed by atoms with Gasteiger partial charge in [0, 0.05) is 107 Å². The molecule has 0 bridgehead atoms. The van der Waals surface area contributed by atoms with Crippen LogP contribution in [0.5, 0.6) is 0 Å². The number of thiophene rings is 2. The third kappa shape index (κ3) is 10.9. The van der Waals surface area contributed by atoms with Crippen molar-refractivity contribution in [1.29, 1.82) is 0 Å². The first kappa shape index (κ1) is 62.5. The first-order valence-electron chi connectivity index (χ1n) is 35.5. The fraction of sp³-hybridized carbons (Fsp3) is 0.0833. The fourth-order valence-corrected chi connectivity index (χ4v) is 18.0. The minimum atomic E-state index is 0.384. The lowest BCUT2D eigenvalue weighted by Gasteiger charge is -2.29. The molecule has 0 saturated heterocycles. The molecule has 0 aliphatic carbocycles. The van der Waals surface area contributed by atoms with Gasteiger partial charge in [-0.15, -0.1) is 22.7 Å². The number of para-hydroxylation sites is 2. The van der Waals surface area contributed by atoms with Gasteiger partial charge in [0.1, 0.15) is 0 Å². The van der Waals surface area contributed by atoms with E-state index in [2.05, 4.69) is 389 Å². The van der Waals surface area contributed by atoms with E-state index in [0.29, 0.717) is 11.8 Å². The van der Waals surface area contributed by atoms with Gasteiger partial charge in [0.2, 0.25) is 0 Å². The number of benzene rings is 16. The Labute approximate surface area is 604 Å². The van der Waals surface area contributed by atoms with Gasteiger partial charge in [-0.2, -0.15) is 0 Å². The Bertz CT molecular complexity index is 6210. The standard InChI is InChI=1S/C96H74N4S2/c1-61(2)65-43-51-73(52-44-65)98(70-27-11-8-12-28-70)86-58-90-94(82-36-18-14-32-78(82)86)96-84-38-20-16-34-80(84)88(60-92(96)102-90)100(74-53-45-66(46-54-74)62(3)4)76-30-22-24-68(56-76)67-23-21-29-75(55-67)99(72-49-41-64(6)42-50-72)87-59-91-95(83-37-19-15-33-79(83)87)93-81-35-17-13-31-77(81)85(57-89(93)101-91)97(69-25-9-7-10-26-69)71-47-39-63(5)40-48-71/h7-62H,1-6H3. The van der Waals surface area contributed by atoms with Crippen LogP contribution in [0, 0.1) is 13.8 Å². The van der Waals surface area contributed by atoms with Crippen LogP contribution in [0.1, 0.15) is 61.8 Å². The average Bonchev–Trinajstić information content (AvgIpc) is 1.53. The minimum Gasteiger partial charge on any atom is -0.310 e. The van der Waals surface area contributed by atoms with Crippen LogP contribution in [0.15, 0.2) is 328 Å². The van der Waals surface area contributed by atoms with Gasteiger partial charge in [0.05, 0.1) is 22.7 Å². The van der Waals surface area contributed by atoms with Gasteiger partial charge in [-0.05, 0) is 191 Å². The van der Waals surface area contributed by atoms with Gasteiger partial charge in [0.25, 0.3) is 0 Å². The van der Waals surface area contributed by atoms with E-state index in [1.807, 2.05) is 22.7 Å². The van der Waals surface area contributed by atoms with Crippen molar-refractivity contribution < 1.29 is 0 Å². The second-order valence-corrected chi connectivity index (χ2v) is 29.9. The zero-order valence-electron chi connectivity index (χ0n) is 57.9. The van der Waals surface area contributed by atoms with E-state index >= 15 is 0 Å². The molecule has 102 heavy (non-hydrogen) atoms. The number of nitrogens with zero attached hydrogens (tertiary/aromatic N) is 4. The molecule has 18 aromatic rings. The molecule has 0 N–H and O–H groups in total. The normalized spacial score (nSPS) is 11.8. The molecule has 0 unspecified atom stereocenters. The maximum absolute atomic E-state index is 2.50. The lowest BCUT2D eigenvalue weighted by Crippen LogP contribution is -2.11. The van der Waals surface area contributed by atoms with Gasteiger partial charge in [-0.3, -0.25) is 0 Å². The topological polar surface area (TPSA) is 13.0 Å². The molecule has 4 nitrogen and oxygen atoms in total. The van der Waals surface area contributed by atoms with Crippen LogP contribution >= 0.6 is 22.7 Å². The van der Waals surface area contributed by atoms with Crippen molar-refractivity contribution in [1.82, 2.24) is 0 Å². The van der Waals surface area contributed by atoms with E-state index in [-0.39, 0.29) is 0 Å². The smallest absolute Gasteiger partial charge is 0.0554 e. The number of hydrogen-bond acceptors (Lipinski definition) is 6. The summed E-state index contributed by atoms with van der Waals surface area (Å²) in [6.45, 7) is 13.4. The predicted octanol–water partition coefficient (Wildman–Crippen LogP) is 29.4. The minimum absolute atomic E-state index is 0.384. The third-order valence-corrected chi connectivity index (χ3v) is 22.8. The highest BCUT2D eigenvalue weighted by molar-refractivity contribution is 7.26. The summed E-state index contributed by atoms with van der Waals surface area (Å²) in [7, 11) is 0. The molecule has 18 rings (SSSR count).